The van der Waals surface area contributed by atoms with Crippen LogP contribution in [0, 0.1) is 0 Å². The van der Waals surface area contributed by atoms with E-state index in [9.17, 15) is 4.79 Å². The first-order valence-electron chi connectivity index (χ1n) is 9.23. The number of aromatic nitrogens is 2. The number of carbonyl (C=O) groups is 1. The lowest BCUT2D eigenvalue weighted by atomic mass is 10.1. The lowest BCUT2D eigenvalue weighted by molar-refractivity contribution is 0.171. The van der Waals surface area contributed by atoms with E-state index in [2.05, 4.69) is 20.2 Å². The van der Waals surface area contributed by atoms with Crippen LogP contribution < -0.4 is 19.7 Å². The molecule has 0 radical (unpaired) electrons. The number of urea groups is 1. The predicted molar refractivity (Wildman–Crippen MR) is 100 cm³/mol. The summed E-state index contributed by atoms with van der Waals surface area (Å²) in [5.41, 5.74) is 1.12. The fraction of sp³-hybridized carbons (Fsp3) is 0.421. The van der Waals surface area contributed by atoms with Crippen molar-refractivity contribution in [2.45, 2.75) is 6.42 Å². The number of fused-ring (bicyclic) bond motifs is 1. The number of anilines is 1. The molecule has 1 saturated heterocycles. The number of amides is 2. The van der Waals surface area contributed by atoms with E-state index < -0.39 is 0 Å². The maximum absolute atomic E-state index is 12.4. The van der Waals surface area contributed by atoms with Gasteiger partial charge >= 0.3 is 6.03 Å². The van der Waals surface area contributed by atoms with Crippen molar-refractivity contribution in [3.05, 3.63) is 42.2 Å². The third-order valence-electron chi connectivity index (χ3n) is 4.70. The molecular formula is C19H23N5O3. The van der Waals surface area contributed by atoms with Crippen LogP contribution in [0.5, 0.6) is 11.5 Å². The first kappa shape index (κ1) is 17.4. The van der Waals surface area contributed by atoms with Gasteiger partial charge in [-0.3, -0.25) is 0 Å². The lowest BCUT2D eigenvalue weighted by Gasteiger charge is -2.34. The zero-order chi connectivity index (χ0) is 18.5. The molecule has 0 atom stereocenters. The van der Waals surface area contributed by atoms with E-state index in [1.54, 1.807) is 18.5 Å². The minimum absolute atomic E-state index is 0.0267. The molecule has 4 rings (SSSR count). The van der Waals surface area contributed by atoms with Crippen molar-refractivity contribution in [3.63, 3.8) is 0 Å². The van der Waals surface area contributed by atoms with Crippen LogP contribution in [-0.4, -0.2) is 66.8 Å². The zero-order valence-corrected chi connectivity index (χ0v) is 15.1. The van der Waals surface area contributed by atoms with Crippen molar-refractivity contribution < 1.29 is 14.3 Å². The molecule has 1 aromatic carbocycles. The highest BCUT2D eigenvalue weighted by Gasteiger charge is 2.22. The summed E-state index contributed by atoms with van der Waals surface area (Å²) in [5, 5.41) is 3.00. The number of piperazine rings is 1. The quantitative estimate of drug-likeness (QED) is 0.876. The van der Waals surface area contributed by atoms with E-state index in [1.165, 1.54) is 0 Å². The number of nitrogens with zero attached hydrogens (tertiary/aromatic N) is 4. The highest BCUT2D eigenvalue weighted by atomic mass is 16.6. The summed E-state index contributed by atoms with van der Waals surface area (Å²) in [6.45, 7) is 4.54. The summed E-state index contributed by atoms with van der Waals surface area (Å²) >= 11 is 0. The number of hydrogen-bond donors (Lipinski definition) is 1. The lowest BCUT2D eigenvalue weighted by Crippen LogP contribution is -2.52. The standard InChI is InChI=1S/C19H23N5O3/c25-19(24-10-8-23(9-11-24)18-20-5-1-6-21-18)22-7-4-15-2-3-16-17(14-15)27-13-12-26-16/h1-3,5-6,14H,4,7-13H2,(H,22,25). The Balaban J connectivity index is 1.22. The summed E-state index contributed by atoms with van der Waals surface area (Å²) < 4.78 is 11.1. The smallest absolute Gasteiger partial charge is 0.317 e. The Morgan fingerprint density at radius 1 is 1.04 bits per heavy atom. The van der Waals surface area contributed by atoms with Crippen LogP contribution in [0.1, 0.15) is 5.56 Å². The number of carbonyl (C=O) groups excluding carboxylic acids is 1. The van der Waals surface area contributed by atoms with E-state index in [1.807, 2.05) is 23.1 Å². The largest absolute Gasteiger partial charge is 0.486 e. The van der Waals surface area contributed by atoms with E-state index >= 15 is 0 Å². The maximum Gasteiger partial charge on any atom is 0.317 e. The molecule has 1 aromatic heterocycles. The molecule has 2 aliphatic rings. The fourth-order valence-electron chi connectivity index (χ4n) is 3.23. The molecule has 142 valence electrons. The highest BCUT2D eigenvalue weighted by molar-refractivity contribution is 5.74. The van der Waals surface area contributed by atoms with Gasteiger partial charge in [-0.1, -0.05) is 6.07 Å². The summed E-state index contributed by atoms with van der Waals surface area (Å²) in [5.74, 6) is 2.29. The Morgan fingerprint density at radius 3 is 2.56 bits per heavy atom. The Hall–Kier alpha value is -3.03. The molecule has 1 fully saturated rings. The van der Waals surface area contributed by atoms with Crippen molar-refractivity contribution >= 4 is 12.0 Å². The predicted octanol–water partition coefficient (Wildman–Crippen LogP) is 1.32. The second-order valence-electron chi connectivity index (χ2n) is 6.48. The SMILES string of the molecule is O=C(NCCc1ccc2c(c1)OCCO2)N1CCN(c2ncccn2)CC1. The maximum atomic E-state index is 12.4. The second-order valence-corrected chi connectivity index (χ2v) is 6.48. The van der Waals surface area contributed by atoms with Crippen molar-refractivity contribution in [2.75, 3.05) is 50.8 Å². The first-order chi connectivity index (χ1) is 13.3. The van der Waals surface area contributed by atoms with Gasteiger partial charge in [-0.2, -0.15) is 0 Å². The number of benzene rings is 1. The number of rotatable bonds is 4. The average Bonchev–Trinajstić information content (AvgIpc) is 2.74. The van der Waals surface area contributed by atoms with Gasteiger partial charge in [0, 0.05) is 45.1 Å². The van der Waals surface area contributed by atoms with Crippen molar-refractivity contribution in [1.82, 2.24) is 20.2 Å². The van der Waals surface area contributed by atoms with Gasteiger partial charge in [0.25, 0.3) is 0 Å². The minimum Gasteiger partial charge on any atom is -0.486 e. The van der Waals surface area contributed by atoms with E-state index in [-0.39, 0.29) is 6.03 Å². The molecule has 8 nitrogen and oxygen atoms in total. The first-order valence-corrected chi connectivity index (χ1v) is 9.23. The fourth-order valence-corrected chi connectivity index (χ4v) is 3.23. The average molecular weight is 369 g/mol. The van der Waals surface area contributed by atoms with Gasteiger partial charge in [-0.05, 0) is 30.2 Å². The third kappa shape index (κ3) is 4.21. The Kier molecular flexibility index (Phi) is 5.22. The highest BCUT2D eigenvalue weighted by Crippen LogP contribution is 2.30. The molecule has 2 aliphatic heterocycles. The van der Waals surface area contributed by atoms with E-state index in [0.29, 0.717) is 32.8 Å². The molecule has 3 heterocycles. The van der Waals surface area contributed by atoms with Gasteiger partial charge in [-0.25, -0.2) is 14.8 Å². The summed E-state index contributed by atoms with van der Waals surface area (Å²) in [6, 6.07) is 7.70. The van der Waals surface area contributed by atoms with Crippen LogP contribution in [0.4, 0.5) is 10.7 Å². The van der Waals surface area contributed by atoms with Gasteiger partial charge in [-0.15, -0.1) is 0 Å². The second kappa shape index (κ2) is 8.11. The van der Waals surface area contributed by atoms with Crippen LogP contribution >= 0.6 is 0 Å². The van der Waals surface area contributed by atoms with Crippen LogP contribution in [0.25, 0.3) is 0 Å². The minimum atomic E-state index is -0.0267. The molecule has 0 aliphatic carbocycles. The van der Waals surface area contributed by atoms with Crippen molar-refractivity contribution in [1.29, 1.82) is 0 Å². The Labute approximate surface area is 158 Å². The molecule has 0 saturated carbocycles. The van der Waals surface area contributed by atoms with Gasteiger partial charge in [0.05, 0.1) is 0 Å². The van der Waals surface area contributed by atoms with Crippen LogP contribution in [0.3, 0.4) is 0 Å². The molecule has 1 N–H and O–H groups in total. The van der Waals surface area contributed by atoms with Gasteiger partial charge in [0.15, 0.2) is 11.5 Å². The monoisotopic (exact) mass is 369 g/mol. The summed E-state index contributed by atoms with van der Waals surface area (Å²) in [6.07, 6.45) is 4.22. The number of nitrogens with one attached hydrogen (secondary N) is 1. The normalized spacial score (nSPS) is 16.1. The molecule has 27 heavy (non-hydrogen) atoms. The van der Waals surface area contributed by atoms with E-state index in [0.717, 1.165) is 42.5 Å². The Bertz CT molecular complexity index is 778. The summed E-state index contributed by atoms with van der Waals surface area (Å²) in [4.78, 5) is 24.8. The molecule has 2 amide bonds. The van der Waals surface area contributed by atoms with Crippen LogP contribution in [-0.2, 0) is 6.42 Å². The molecular weight excluding hydrogens is 346 g/mol. The number of ether oxygens (including phenoxy) is 2. The van der Waals surface area contributed by atoms with Crippen LogP contribution in [0.2, 0.25) is 0 Å². The zero-order valence-electron chi connectivity index (χ0n) is 15.1. The molecule has 0 bridgehead atoms. The molecule has 8 heteroatoms. The van der Waals surface area contributed by atoms with E-state index in [4.69, 9.17) is 9.47 Å². The topological polar surface area (TPSA) is 79.8 Å². The van der Waals surface area contributed by atoms with Crippen molar-refractivity contribution in [2.24, 2.45) is 0 Å². The number of hydrogen-bond acceptors (Lipinski definition) is 6. The Morgan fingerprint density at radius 2 is 1.78 bits per heavy atom. The van der Waals surface area contributed by atoms with Crippen LogP contribution in [0.15, 0.2) is 36.7 Å². The van der Waals surface area contributed by atoms with Gasteiger partial charge in [0.1, 0.15) is 13.2 Å². The molecule has 0 unspecified atom stereocenters. The summed E-state index contributed by atoms with van der Waals surface area (Å²) in [7, 11) is 0. The molecule has 2 aromatic rings. The van der Waals surface area contributed by atoms with Gasteiger partial charge in [0.2, 0.25) is 5.95 Å². The van der Waals surface area contributed by atoms with Crippen molar-refractivity contribution in [3.8, 4) is 11.5 Å². The van der Waals surface area contributed by atoms with Gasteiger partial charge < -0.3 is 24.6 Å². The third-order valence-corrected chi connectivity index (χ3v) is 4.70. The molecule has 0 spiro atoms.